The van der Waals surface area contributed by atoms with E-state index >= 15 is 0 Å². The lowest BCUT2D eigenvalue weighted by molar-refractivity contribution is 0.0920. The van der Waals surface area contributed by atoms with Crippen molar-refractivity contribution in [2.24, 2.45) is 0 Å². The quantitative estimate of drug-likeness (QED) is 0.142. The predicted octanol–water partition coefficient (Wildman–Crippen LogP) is 8.17. The predicted molar refractivity (Wildman–Crippen MR) is 132 cm³/mol. The average Bonchev–Trinajstić information content (AvgIpc) is 2.76. The molecule has 0 saturated heterocycles. The van der Waals surface area contributed by atoms with Gasteiger partial charge in [0.1, 0.15) is 0 Å². The summed E-state index contributed by atoms with van der Waals surface area (Å²) in [6, 6.07) is 0. The second-order valence-electron chi connectivity index (χ2n) is 8.85. The van der Waals surface area contributed by atoms with Crippen molar-refractivity contribution < 1.29 is 14.3 Å². The van der Waals surface area contributed by atoms with E-state index < -0.39 is 12.2 Å². The van der Waals surface area contributed by atoms with Gasteiger partial charge in [0.2, 0.25) is 0 Å². The van der Waals surface area contributed by atoms with Crippen LogP contribution in [0.25, 0.3) is 0 Å². The average molecular weight is 441 g/mol. The van der Waals surface area contributed by atoms with Gasteiger partial charge in [0.05, 0.1) is 0 Å². The molecule has 31 heavy (non-hydrogen) atoms. The molecule has 5 heteroatoms. The van der Waals surface area contributed by atoms with Crippen LogP contribution in [0.2, 0.25) is 0 Å². The van der Waals surface area contributed by atoms with E-state index in [0.29, 0.717) is 26.2 Å². The minimum absolute atomic E-state index is 0.454. The highest BCUT2D eigenvalue weighted by Gasteiger charge is 2.22. The molecule has 0 bridgehead atoms. The normalized spacial score (nSPS) is 10.8. The van der Waals surface area contributed by atoms with Gasteiger partial charge in [-0.3, -0.25) is 0 Å². The fourth-order valence-corrected chi connectivity index (χ4v) is 3.71. The number of nitrogens with zero attached hydrogens (tertiary/aromatic N) is 2. The van der Waals surface area contributed by atoms with Crippen LogP contribution < -0.4 is 0 Å². The molecule has 0 atom stereocenters. The van der Waals surface area contributed by atoms with E-state index in [0.717, 1.165) is 51.4 Å². The number of hydrogen-bond acceptors (Lipinski definition) is 3. The van der Waals surface area contributed by atoms with Crippen LogP contribution in [0.15, 0.2) is 0 Å². The Morgan fingerprint density at radius 1 is 0.452 bits per heavy atom. The lowest BCUT2D eigenvalue weighted by Gasteiger charge is -2.25. The Morgan fingerprint density at radius 2 is 0.710 bits per heavy atom. The zero-order chi connectivity index (χ0) is 23.2. The molecule has 0 aromatic heterocycles. The first-order valence-corrected chi connectivity index (χ1v) is 13.4. The zero-order valence-electron chi connectivity index (χ0n) is 21.3. The third kappa shape index (κ3) is 17.0. The summed E-state index contributed by atoms with van der Waals surface area (Å²) < 4.78 is 5.38. The molecular formula is C26H52N2O3. The van der Waals surface area contributed by atoms with Crippen molar-refractivity contribution in [3.63, 3.8) is 0 Å². The molecule has 0 aliphatic heterocycles. The Morgan fingerprint density at radius 3 is 0.935 bits per heavy atom. The highest BCUT2D eigenvalue weighted by Crippen LogP contribution is 2.10. The number of amides is 2. The summed E-state index contributed by atoms with van der Waals surface area (Å²) in [5.41, 5.74) is 0. The van der Waals surface area contributed by atoms with Crippen LogP contribution in [0.4, 0.5) is 9.59 Å². The first kappa shape index (κ1) is 29.7. The van der Waals surface area contributed by atoms with E-state index in [2.05, 4.69) is 27.7 Å². The highest BCUT2D eigenvalue weighted by molar-refractivity contribution is 5.83. The Hall–Kier alpha value is -1.26. The van der Waals surface area contributed by atoms with E-state index in [4.69, 9.17) is 4.74 Å². The van der Waals surface area contributed by atoms with Crippen LogP contribution in [0.3, 0.4) is 0 Å². The first-order chi connectivity index (χ1) is 15.1. The van der Waals surface area contributed by atoms with Crippen molar-refractivity contribution in [1.29, 1.82) is 0 Å². The molecule has 0 unspecified atom stereocenters. The molecule has 0 aromatic rings. The second kappa shape index (κ2) is 22.0. The van der Waals surface area contributed by atoms with Crippen LogP contribution in [0, 0.1) is 0 Å². The smallest absolute Gasteiger partial charge is 0.359 e. The molecular weight excluding hydrogens is 388 g/mol. The fourth-order valence-electron chi connectivity index (χ4n) is 3.71. The summed E-state index contributed by atoms with van der Waals surface area (Å²) in [6.07, 6.45) is 16.9. The zero-order valence-corrected chi connectivity index (χ0v) is 21.3. The van der Waals surface area contributed by atoms with Crippen molar-refractivity contribution in [2.75, 3.05) is 26.2 Å². The summed E-state index contributed by atoms with van der Waals surface area (Å²) in [4.78, 5) is 29.1. The molecule has 0 radical (unpaired) electrons. The number of carbonyl (C=O) groups is 2. The van der Waals surface area contributed by atoms with Gasteiger partial charge < -0.3 is 14.5 Å². The van der Waals surface area contributed by atoms with Gasteiger partial charge in [0.15, 0.2) is 0 Å². The van der Waals surface area contributed by atoms with Crippen molar-refractivity contribution in [3.8, 4) is 0 Å². The van der Waals surface area contributed by atoms with Crippen LogP contribution in [0.1, 0.15) is 130 Å². The largest absolute Gasteiger partial charge is 0.418 e. The van der Waals surface area contributed by atoms with Crippen molar-refractivity contribution in [1.82, 2.24) is 9.80 Å². The number of unbranched alkanes of at least 4 members (excludes halogenated alkanes) is 12. The standard InChI is InChI=1S/C26H52N2O3/c1-5-9-13-17-21-27(22-18-14-10-6-2)25(29)31-26(30)28(23-19-15-11-7-3)24-20-16-12-8-4/h5-24H2,1-4H3. The van der Waals surface area contributed by atoms with Gasteiger partial charge in [-0.1, -0.05) is 105 Å². The summed E-state index contributed by atoms with van der Waals surface area (Å²) in [5, 5.41) is 0. The minimum Gasteiger partial charge on any atom is -0.359 e. The minimum atomic E-state index is -0.454. The third-order valence-electron chi connectivity index (χ3n) is 5.82. The van der Waals surface area contributed by atoms with Crippen molar-refractivity contribution in [2.45, 2.75) is 130 Å². The SMILES string of the molecule is CCCCCCN(CCCCCC)C(=O)OC(=O)N(CCCCCC)CCCCCC. The van der Waals surface area contributed by atoms with E-state index in [1.54, 1.807) is 9.80 Å². The molecule has 0 heterocycles. The number of carbonyl (C=O) groups excluding carboxylic acids is 2. The lowest BCUT2D eigenvalue weighted by Crippen LogP contribution is -2.40. The third-order valence-corrected chi connectivity index (χ3v) is 5.82. The van der Waals surface area contributed by atoms with Gasteiger partial charge in [0, 0.05) is 26.2 Å². The number of hydrogen-bond donors (Lipinski definition) is 0. The Labute approximate surface area is 193 Å². The van der Waals surface area contributed by atoms with Crippen LogP contribution in [-0.2, 0) is 4.74 Å². The van der Waals surface area contributed by atoms with Crippen LogP contribution in [-0.4, -0.2) is 48.2 Å². The summed E-state index contributed by atoms with van der Waals surface area (Å²) in [5.74, 6) is 0. The maximum absolute atomic E-state index is 12.8. The molecule has 2 amide bonds. The lowest BCUT2D eigenvalue weighted by atomic mass is 10.2. The van der Waals surface area contributed by atoms with Gasteiger partial charge in [-0.2, -0.15) is 0 Å². The van der Waals surface area contributed by atoms with Crippen LogP contribution >= 0.6 is 0 Å². The summed E-state index contributed by atoms with van der Waals surface area (Å²) in [7, 11) is 0. The monoisotopic (exact) mass is 440 g/mol. The molecule has 0 N–H and O–H groups in total. The second-order valence-corrected chi connectivity index (χ2v) is 8.85. The molecule has 5 nitrogen and oxygen atoms in total. The van der Waals surface area contributed by atoms with E-state index in [1.807, 2.05) is 0 Å². The molecule has 0 saturated carbocycles. The molecule has 0 aromatic carbocycles. The Balaban J connectivity index is 4.76. The highest BCUT2D eigenvalue weighted by atomic mass is 16.6. The molecule has 0 aliphatic rings. The van der Waals surface area contributed by atoms with Gasteiger partial charge in [-0.15, -0.1) is 0 Å². The van der Waals surface area contributed by atoms with E-state index in [9.17, 15) is 9.59 Å². The summed E-state index contributed by atoms with van der Waals surface area (Å²) >= 11 is 0. The number of rotatable bonds is 20. The maximum atomic E-state index is 12.8. The number of ether oxygens (including phenoxy) is 1. The fraction of sp³-hybridized carbons (Fsp3) is 0.923. The Bertz CT molecular complexity index is 367. The molecule has 0 spiro atoms. The van der Waals surface area contributed by atoms with Gasteiger partial charge in [-0.05, 0) is 25.7 Å². The van der Waals surface area contributed by atoms with Crippen molar-refractivity contribution >= 4 is 12.2 Å². The topological polar surface area (TPSA) is 49.9 Å². The first-order valence-electron chi connectivity index (χ1n) is 13.4. The molecule has 0 aliphatic carbocycles. The maximum Gasteiger partial charge on any atom is 0.418 e. The van der Waals surface area contributed by atoms with E-state index in [-0.39, 0.29) is 0 Å². The molecule has 184 valence electrons. The molecule has 0 rings (SSSR count). The van der Waals surface area contributed by atoms with Gasteiger partial charge in [0.25, 0.3) is 0 Å². The Kier molecular flexibility index (Phi) is 21.1. The van der Waals surface area contributed by atoms with Gasteiger partial charge >= 0.3 is 12.2 Å². The molecule has 0 fully saturated rings. The van der Waals surface area contributed by atoms with Crippen LogP contribution in [0.5, 0.6) is 0 Å². The van der Waals surface area contributed by atoms with Crippen molar-refractivity contribution in [3.05, 3.63) is 0 Å². The summed E-state index contributed by atoms with van der Waals surface area (Å²) in [6.45, 7) is 11.5. The van der Waals surface area contributed by atoms with E-state index in [1.165, 1.54) is 51.4 Å². The van der Waals surface area contributed by atoms with Gasteiger partial charge in [-0.25, -0.2) is 9.59 Å².